The molecule has 2 heterocycles. The van der Waals surface area contributed by atoms with Crippen molar-refractivity contribution in [1.82, 2.24) is 10.3 Å². The number of carbonyl (C=O) groups excluding carboxylic acids is 1. The van der Waals surface area contributed by atoms with Crippen LogP contribution < -0.4 is 19.7 Å². The smallest absolute Gasteiger partial charge is 0.276 e. The van der Waals surface area contributed by atoms with Crippen molar-refractivity contribution in [3.8, 4) is 11.5 Å². The van der Waals surface area contributed by atoms with E-state index in [4.69, 9.17) is 33.3 Å². The van der Waals surface area contributed by atoms with Crippen LogP contribution in [-0.2, 0) is 6.42 Å². The van der Waals surface area contributed by atoms with Gasteiger partial charge in [-0.2, -0.15) is 0 Å². The highest BCUT2D eigenvalue weighted by Gasteiger charge is 2.26. The van der Waals surface area contributed by atoms with Gasteiger partial charge in [0.2, 0.25) is 0 Å². The van der Waals surface area contributed by atoms with Crippen molar-refractivity contribution in [3.05, 3.63) is 83.1 Å². The highest BCUT2D eigenvalue weighted by molar-refractivity contribution is 7.80. The van der Waals surface area contributed by atoms with Crippen molar-refractivity contribution in [2.45, 2.75) is 25.7 Å². The first kappa shape index (κ1) is 24.0. The molecule has 0 atom stereocenters. The maximum atomic E-state index is 12.4. The molecular formula is C26H26ClN3O3S. The maximum Gasteiger partial charge on any atom is 0.276 e. The van der Waals surface area contributed by atoms with Gasteiger partial charge in [0, 0.05) is 23.3 Å². The Balaban J connectivity index is 1.22. The Morgan fingerprint density at radius 2 is 1.79 bits per heavy atom. The van der Waals surface area contributed by atoms with Crippen LogP contribution >= 0.6 is 23.8 Å². The van der Waals surface area contributed by atoms with E-state index in [0.29, 0.717) is 35.6 Å². The summed E-state index contributed by atoms with van der Waals surface area (Å²) >= 11 is 11.4. The number of anilines is 1. The number of nitrogens with one attached hydrogen (secondary N) is 1. The number of nitrogens with zero attached hydrogens (tertiary/aromatic N) is 2. The normalized spacial score (nSPS) is 12.2. The fraction of sp³-hybridized carbons (Fsp3) is 0.269. The van der Waals surface area contributed by atoms with E-state index in [2.05, 4.69) is 10.3 Å². The zero-order valence-corrected chi connectivity index (χ0v) is 20.3. The molecule has 1 aliphatic heterocycles. The largest absolute Gasteiger partial charge is 0.494 e. The predicted molar refractivity (Wildman–Crippen MR) is 138 cm³/mol. The van der Waals surface area contributed by atoms with Crippen molar-refractivity contribution < 1.29 is 14.3 Å². The van der Waals surface area contributed by atoms with Gasteiger partial charge >= 0.3 is 0 Å². The fourth-order valence-corrected chi connectivity index (χ4v) is 4.17. The average molecular weight is 496 g/mol. The van der Waals surface area contributed by atoms with Crippen LogP contribution in [0.5, 0.6) is 11.5 Å². The lowest BCUT2D eigenvalue weighted by molar-refractivity contribution is 0.0972. The van der Waals surface area contributed by atoms with Gasteiger partial charge in [0.25, 0.3) is 5.91 Å². The van der Waals surface area contributed by atoms with Crippen LogP contribution in [0.25, 0.3) is 0 Å². The second-order valence-electron chi connectivity index (χ2n) is 7.84. The molecule has 4 rings (SSSR count). The fourth-order valence-electron chi connectivity index (χ4n) is 3.76. The Labute approximate surface area is 209 Å². The predicted octanol–water partition coefficient (Wildman–Crippen LogP) is 5.44. The van der Waals surface area contributed by atoms with Crippen molar-refractivity contribution >= 4 is 40.5 Å². The molecule has 1 aliphatic rings. The number of hydrogen-bond acceptors (Lipinski definition) is 5. The molecule has 2 aromatic carbocycles. The zero-order valence-electron chi connectivity index (χ0n) is 18.7. The lowest BCUT2D eigenvalue weighted by atomic mass is 10.1. The van der Waals surface area contributed by atoms with E-state index in [9.17, 15) is 4.79 Å². The number of halogens is 1. The third-order valence-electron chi connectivity index (χ3n) is 5.48. The van der Waals surface area contributed by atoms with Crippen LogP contribution in [0.2, 0.25) is 5.02 Å². The summed E-state index contributed by atoms with van der Waals surface area (Å²) in [5, 5.41) is 3.85. The molecule has 0 bridgehead atoms. The summed E-state index contributed by atoms with van der Waals surface area (Å²) in [5.41, 5.74) is 2.42. The number of hydrogen-bond donors (Lipinski definition) is 1. The van der Waals surface area contributed by atoms with Gasteiger partial charge in [0.1, 0.15) is 17.2 Å². The van der Waals surface area contributed by atoms with E-state index in [-0.39, 0.29) is 5.91 Å². The number of rotatable bonds is 9. The minimum atomic E-state index is -0.313. The molecule has 34 heavy (non-hydrogen) atoms. The molecule has 0 spiro atoms. The van der Waals surface area contributed by atoms with Crippen molar-refractivity contribution in [3.63, 3.8) is 0 Å². The Hall–Kier alpha value is -3.16. The standard InChI is InChI=1S/C26H26ClN3O3S/c27-19-10-12-20(13-11-19)32-17-4-1-5-18-33-24-9-6-8-23-21(24)14-16-30(23)26(34)29-25(31)22-7-2-3-15-28-22/h2-3,6-13,15H,1,4-5,14,16-18H2,(H,29,31,34). The van der Waals surface area contributed by atoms with Gasteiger partial charge in [-0.05, 0) is 86.4 Å². The van der Waals surface area contributed by atoms with Crippen LogP contribution in [0.4, 0.5) is 5.69 Å². The van der Waals surface area contributed by atoms with E-state index < -0.39 is 0 Å². The van der Waals surface area contributed by atoms with Gasteiger partial charge in [-0.3, -0.25) is 15.1 Å². The summed E-state index contributed by atoms with van der Waals surface area (Å²) in [6, 6.07) is 18.5. The molecule has 3 aromatic rings. The van der Waals surface area contributed by atoms with E-state index >= 15 is 0 Å². The average Bonchev–Trinajstić information content (AvgIpc) is 3.30. The van der Waals surface area contributed by atoms with Crippen molar-refractivity contribution in [2.24, 2.45) is 0 Å². The summed E-state index contributed by atoms with van der Waals surface area (Å²) in [7, 11) is 0. The number of aromatic nitrogens is 1. The molecule has 176 valence electrons. The van der Waals surface area contributed by atoms with E-state index in [1.165, 1.54) is 0 Å². The molecule has 1 aromatic heterocycles. The lowest BCUT2D eigenvalue weighted by Crippen LogP contribution is -2.42. The molecule has 0 saturated heterocycles. The first-order valence-electron chi connectivity index (χ1n) is 11.3. The van der Waals surface area contributed by atoms with Crippen molar-refractivity contribution in [1.29, 1.82) is 0 Å². The number of amides is 1. The molecule has 0 radical (unpaired) electrons. The van der Waals surface area contributed by atoms with Gasteiger partial charge < -0.3 is 14.4 Å². The number of thiocarbonyl (C=S) groups is 1. The zero-order chi connectivity index (χ0) is 23.8. The number of ether oxygens (including phenoxy) is 2. The Bertz CT molecular complexity index is 1130. The number of pyridine rings is 1. The summed E-state index contributed by atoms with van der Waals surface area (Å²) in [6.45, 7) is 2.00. The summed E-state index contributed by atoms with van der Waals surface area (Å²) in [6.07, 6.45) is 5.30. The molecule has 0 saturated carbocycles. The van der Waals surface area contributed by atoms with Crippen LogP contribution in [0.15, 0.2) is 66.9 Å². The van der Waals surface area contributed by atoms with Gasteiger partial charge in [-0.25, -0.2) is 0 Å². The molecule has 1 N–H and O–H groups in total. The highest BCUT2D eigenvalue weighted by Crippen LogP contribution is 2.35. The second-order valence-corrected chi connectivity index (χ2v) is 8.66. The molecule has 0 aliphatic carbocycles. The third kappa shape index (κ3) is 6.24. The molecular weight excluding hydrogens is 470 g/mol. The third-order valence-corrected chi connectivity index (χ3v) is 6.05. The second kappa shape index (κ2) is 11.8. The molecule has 8 heteroatoms. The minimum Gasteiger partial charge on any atom is -0.494 e. The van der Waals surface area contributed by atoms with Gasteiger partial charge in [0.15, 0.2) is 5.11 Å². The highest BCUT2D eigenvalue weighted by atomic mass is 35.5. The van der Waals surface area contributed by atoms with Crippen LogP contribution in [0.3, 0.4) is 0 Å². The van der Waals surface area contributed by atoms with E-state index in [0.717, 1.165) is 48.4 Å². The first-order chi connectivity index (χ1) is 16.6. The quantitative estimate of drug-likeness (QED) is 0.315. The number of carbonyl (C=O) groups is 1. The first-order valence-corrected chi connectivity index (χ1v) is 12.1. The van der Waals surface area contributed by atoms with E-state index in [1.54, 1.807) is 24.4 Å². The van der Waals surface area contributed by atoms with Gasteiger partial charge in [-0.15, -0.1) is 0 Å². The van der Waals surface area contributed by atoms with Crippen LogP contribution in [0.1, 0.15) is 35.3 Å². The number of fused-ring (bicyclic) bond motifs is 1. The molecule has 6 nitrogen and oxygen atoms in total. The van der Waals surface area contributed by atoms with Gasteiger partial charge in [0.05, 0.1) is 18.9 Å². The van der Waals surface area contributed by atoms with Crippen LogP contribution in [-0.4, -0.2) is 35.8 Å². The van der Waals surface area contributed by atoms with Gasteiger partial charge in [-0.1, -0.05) is 23.7 Å². The lowest BCUT2D eigenvalue weighted by Gasteiger charge is -2.21. The Morgan fingerprint density at radius 1 is 1.00 bits per heavy atom. The Morgan fingerprint density at radius 3 is 2.56 bits per heavy atom. The topological polar surface area (TPSA) is 63.7 Å². The monoisotopic (exact) mass is 495 g/mol. The minimum absolute atomic E-state index is 0.313. The maximum absolute atomic E-state index is 12.4. The summed E-state index contributed by atoms with van der Waals surface area (Å²) in [4.78, 5) is 18.4. The molecule has 0 fully saturated rings. The Kier molecular flexibility index (Phi) is 8.33. The summed E-state index contributed by atoms with van der Waals surface area (Å²) in [5.74, 6) is 1.39. The summed E-state index contributed by atoms with van der Waals surface area (Å²) < 4.78 is 11.8. The number of benzene rings is 2. The van der Waals surface area contributed by atoms with E-state index in [1.807, 2.05) is 47.4 Å². The molecule has 0 unspecified atom stereocenters. The van der Waals surface area contributed by atoms with Crippen LogP contribution in [0, 0.1) is 0 Å². The SMILES string of the molecule is O=C(NC(=S)N1CCc2c(OCCCCCOc3ccc(Cl)cc3)cccc21)c1ccccn1. The van der Waals surface area contributed by atoms with Crippen molar-refractivity contribution in [2.75, 3.05) is 24.7 Å². The molecule has 1 amide bonds. The number of unbranched alkanes of at least 4 members (excludes halogenated alkanes) is 2.